The van der Waals surface area contributed by atoms with Crippen LogP contribution in [0.2, 0.25) is 0 Å². The van der Waals surface area contributed by atoms with Crippen LogP contribution in [0, 0.1) is 0 Å². The molecule has 0 aliphatic heterocycles. The normalized spacial score (nSPS) is 11.1. The van der Waals surface area contributed by atoms with Crippen LogP contribution in [0.4, 0.5) is 11.4 Å². The number of rotatable bonds is 10. The van der Waals surface area contributed by atoms with E-state index in [1.165, 1.54) is 39.4 Å². The summed E-state index contributed by atoms with van der Waals surface area (Å²) in [7, 11) is -1.43. The molecule has 10 rings (SSSR count). The van der Waals surface area contributed by atoms with Gasteiger partial charge in [0.1, 0.15) is 15.7 Å². The second-order valence-corrected chi connectivity index (χ2v) is 16.4. The number of halogens is 1. The Balaban J connectivity index is 0.000000151. The lowest BCUT2D eigenvalue weighted by Crippen LogP contribution is -2.36. The fraction of sp³-hybridized carbons (Fsp3) is 0.0357. The molecule has 0 bridgehead atoms. The molecule has 2 aromatic heterocycles. The molecule has 0 unspecified atom stereocenters. The van der Waals surface area contributed by atoms with Gasteiger partial charge in [-0.1, -0.05) is 206 Å². The summed E-state index contributed by atoms with van der Waals surface area (Å²) in [5.74, 6) is 0. The average Bonchev–Trinajstić information content (AvgIpc) is 4.05. The number of nitrogen functional groups attached to an aromatic ring is 2. The third-order valence-electron chi connectivity index (χ3n) is 11.4. The number of nitrogens with two attached hydrogens (primary N) is 2. The predicted octanol–water partition coefficient (Wildman–Crippen LogP) is 10.4. The fourth-order valence-corrected chi connectivity index (χ4v) is 8.84. The Morgan fingerprint density at radius 2 is 0.758 bits per heavy atom. The van der Waals surface area contributed by atoms with E-state index in [1.54, 1.807) is 18.2 Å². The lowest BCUT2D eigenvalue weighted by atomic mass is 9.77. The molecule has 2 heterocycles. The maximum atomic E-state index is 8.65. The quantitative estimate of drug-likeness (QED) is 0.0615. The fourth-order valence-electron chi connectivity index (χ4n) is 8.53. The van der Waals surface area contributed by atoms with E-state index in [0.717, 1.165) is 21.5 Å². The van der Waals surface area contributed by atoms with Crippen LogP contribution in [0.5, 0.6) is 0 Å². The molecule has 0 spiro atoms. The molecule has 0 aliphatic rings. The second-order valence-electron chi connectivity index (χ2n) is 15.6. The Kier molecular flexibility index (Phi) is 14.1. The summed E-state index contributed by atoms with van der Waals surface area (Å²) in [4.78, 5) is 9.22. The van der Waals surface area contributed by atoms with Crippen molar-refractivity contribution in [3.05, 3.63) is 294 Å². The molecule has 6 N–H and O–H groups in total. The van der Waals surface area contributed by atoms with E-state index >= 15 is 0 Å². The zero-order chi connectivity index (χ0) is 45.8. The number of aromatic nitrogens is 4. The minimum absolute atomic E-state index is 0.417. The number of imidazole rings is 2. The van der Waals surface area contributed by atoms with Crippen molar-refractivity contribution >= 4 is 39.9 Å². The second kappa shape index (κ2) is 20.8. The van der Waals surface area contributed by atoms with Crippen molar-refractivity contribution in [2.24, 2.45) is 0 Å². The topological polar surface area (TPSA) is 128 Å². The number of benzene rings is 8. The minimum Gasteiger partial charge on any atom is -0.423 e. The molecular weight excluding hydrogens is 879 g/mol. The summed E-state index contributed by atoms with van der Waals surface area (Å²) in [6.07, 6.45) is 7.96. The molecule has 0 amide bonds. The molecule has 8 aromatic carbocycles. The number of anilines is 2. The number of nitrogens with zero attached hydrogens (tertiary/aromatic N) is 4. The number of hydrogen-bond acceptors (Lipinski definition) is 6. The summed E-state index contributed by atoms with van der Waals surface area (Å²) in [6.45, 7) is 0. The van der Waals surface area contributed by atoms with Crippen LogP contribution in [0.3, 0.4) is 0 Å². The van der Waals surface area contributed by atoms with E-state index in [9.17, 15) is 0 Å². The van der Waals surface area contributed by atoms with E-state index in [4.69, 9.17) is 26.5 Å². The third-order valence-corrected chi connectivity index (χ3v) is 11.9. The zero-order valence-corrected chi connectivity index (χ0v) is 37.6. The van der Waals surface area contributed by atoms with Crippen LogP contribution in [-0.2, 0) is 11.1 Å². The Bertz CT molecular complexity index is 2850. The van der Waals surface area contributed by atoms with Gasteiger partial charge in [-0.25, -0.2) is 9.97 Å². The van der Waals surface area contributed by atoms with Crippen molar-refractivity contribution in [1.29, 1.82) is 0 Å². The van der Waals surface area contributed by atoms with Crippen molar-refractivity contribution in [2.75, 3.05) is 11.5 Å². The molecule has 0 atom stereocenters. The lowest BCUT2D eigenvalue weighted by molar-refractivity contribution is 0.426. The molecule has 0 fully saturated rings. The first-order valence-electron chi connectivity index (χ1n) is 21.4. The van der Waals surface area contributed by atoms with Crippen molar-refractivity contribution in [2.45, 2.75) is 11.1 Å². The highest BCUT2D eigenvalue weighted by atomic mass is 79.9. The first-order chi connectivity index (χ1) is 32.3. The largest absolute Gasteiger partial charge is 0.488 e. The molecule has 10 aromatic rings. The van der Waals surface area contributed by atoms with Crippen LogP contribution in [0.1, 0.15) is 33.4 Å². The summed E-state index contributed by atoms with van der Waals surface area (Å²) in [6, 6.07) is 77.8. The van der Waals surface area contributed by atoms with E-state index in [1.807, 2.05) is 61.3 Å². The highest BCUT2D eigenvalue weighted by Gasteiger charge is 2.39. The smallest absolute Gasteiger partial charge is 0.423 e. The van der Waals surface area contributed by atoms with Crippen LogP contribution in [-0.4, -0.2) is 36.3 Å². The maximum Gasteiger partial charge on any atom is 0.488 e. The molecule has 0 radical (unpaired) electrons. The van der Waals surface area contributed by atoms with Gasteiger partial charge in [0.2, 0.25) is 0 Å². The van der Waals surface area contributed by atoms with Crippen molar-refractivity contribution in [1.82, 2.24) is 19.1 Å². The summed E-state index contributed by atoms with van der Waals surface area (Å²) in [5.41, 5.74) is 21.0. The molecule has 0 saturated heterocycles. The van der Waals surface area contributed by atoms with Gasteiger partial charge < -0.3 is 30.6 Å². The Morgan fingerprint density at radius 1 is 0.409 bits per heavy atom. The van der Waals surface area contributed by atoms with Crippen LogP contribution in [0.25, 0.3) is 11.3 Å². The van der Waals surface area contributed by atoms with Gasteiger partial charge in [-0.05, 0) is 79.0 Å². The van der Waals surface area contributed by atoms with E-state index in [2.05, 4.69) is 200 Å². The molecule has 324 valence electrons. The van der Waals surface area contributed by atoms with Gasteiger partial charge in [-0.2, -0.15) is 0 Å². The highest BCUT2D eigenvalue weighted by Crippen LogP contribution is 2.43. The molecule has 66 heavy (non-hydrogen) atoms. The van der Waals surface area contributed by atoms with Gasteiger partial charge in [0, 0.05) is 29.3 Å². The third kappa shape index (κ3) is 9.53. The maximum absolute atomic E-state index is 8.65. The monoisotopic (exact) mass is 926 g/mol. The summed E-state index contributed by atoms with van der Waals surface area (Å²) < 4.78 is 5.21. The Morgan fingerprint density at radius 3 is 1.08 bits per heavy atom. The average molecular weight is 928 g/mol. The summed E-state index contributed by atoms with van der Waals surface area (Å²) in [5, 5.41) is 17.3. The number of hydrogen-bond donors (Lipinski definition) is 4. The van der Waals surface area contributed by atoms with Gasteiger partial charge in [0.25, 0.3) is 0 Å². The van der Waals surface area contributed by atoms with Gasteiger partial charge in [-0.3, -0.25) is 0 Å². The van der Waals surface area contributed by atoms with Crippen molar-refractivity contribution in [3.63, 3.8) is 0 Å². The van der Waals surface area contributed by atoms with Crippen LogP contribution < -0.4 is 16.9 Å². The van der Waals surface area contributed by atoms with Gasteiger partial charge in [0.05, 0.1) is 18.3 Å². The Hall–Kier alpha value is -7.76. The van der Waals surface area contributed by atoms with Crippen molar-refractivity contribution < 1.29 is 10.0 Å². The predicted molar refractivity (Wildman–Crippen MR) is 272 cm³/mol. The van der Waals surface area contributed by atoms with Gasteiger partial charge in [-0.15, -0.1) is 0 Å². The van der Waals surface area contributed by atoms with Gasteiger partial charge in [0.15, 0.2) is 0 Å². The first kappa shape index (κ1) is 44.8. The van der Waals surface area contributed by atoms with Crippen LogP contribution in [0.15, 0.2) is 260 Å². The highest BCUT2D eigenvalue weighted by molar-refractivity contribution is 9.10. The zero-order valence-electron chi connectivity index (χ0n) is 36.0. The van der Waals surface area contributed by atoms with Crippen molar-refractivity contribution in [3.8, 4) is 11.3 Å². The standard InChI is InChI=1S/C28H23N3.C22H17BrN2.C6H8BNO2/c29-26-18-10-11-22(19-26)27-20-31(21-30-27)28(23-12-4-1-5-13-23,24-14-6-2-7-15-24)25-16-8-3-9-17-25;23-21-16-25(17-24-21)22(18-10-4-1-5-11-18,19-12-6-2-7-13-19)20-14-8-3-9-15-20;8-6-3-1-2-5(4-6)7(9)10/h1-21H,29H2;1-17H;1-4,9-10H,8H2. The van der Waals surface area contributed by atoms with E-state index in [-0.39, 0.29) is 0 Å². The SMILES string of the molecule is Brc1cn(C(c2ccccc2)(c2ccccc2)c2ccccc2)cn1.Nc1cccc(-c2cn(C(c3ccccc3)(c3ccccc3)c3ccccc3)cn2)c1.Nc1cccc(B(O)O)c1. The molecule has 8 nitrogen and oxygen atoms in total. The molecular formula is C56H48BBrN6O2. The van der Waals surface area contributed by atoms with E-state index < -0.39 is 18.2 Å². The molecule has 10 heteroatoms. The minimum atomic E-state index is -1.43. The summed E-state index contributed by atoms with van der Waals surface area (Å²) >= 11 is 3.51. The van der Waals surface area contributed by atoms with E-state index in [0.29, 0.717) is 11.2 Å². The Labute approximate surface area is 394 Å². The van der Waals surface area contributed by atoms with Gasteiger partial charge >= 0.3 is 7.12 Å². The lowest BCUT2D eigenvalue weighted by Gasteiger charge is -2.37. The van der Waals surface area contributed by atoms with Crippen LogP contribution >= 0.6 is 15.9 Å². The first-order valence-corrected chi connectivity index (χ1v) is 22.2. The molecule has 0 aliphatic carbocycles. The molecule has 0 saturated carbocycles.